The van der Waals surface area contributed by atoms with E-state index in [0.29, 0.717) is 48.4 Å². The SMILES string of the molecule is CC(=O)N(CCC(=O)NCCc1ccc(Cl)cc1Cl)CC(C)C. The van der Waals surface area contributed by atoms with Crippen LogP contribution in [0.3, 0.4) is 0 Å². The first kappa shape index (κ1) is 19.8. The standard InChI is InChI=1S/C17H24Cl2N2O2/c1-12(2)11-21(13(3)22)9-7-17(23)20-8-6-14-4-5-15(18)10-16(14)19/h4-5,10,12H,6-9,11H2,1-3H3,(H,20,23). The molecule has 4 nitrogen and oxygen atoms in total. The van der Waals surface area contributed by atoms with Crippen LogP contribution < -0.4 is 5.32 Å². The van der Waals surface area contributed by atoms with Gasteiger partial charge >= 0.3 is 0 Å². The Hall–Kier alpha value is -1.26. The van der Waals surface area contributed by atoms with Gasteiger partial charge in [0.1, 0.15) is 0 Å². The molecule has 128 valence electrons. The molecule has 1 N–H and O–H groups in total. The maximum atomic E-state index is 11.9. The summed E-state index contributed by atoms with van der Waals surface area (Å²) in [7, 11) is 0. The molecule has 23 heavy (non-hydrogen) atoms. The third-order valence-electron chi connectivity index (χ3n) is 3.37. The summed E-state index contributed by atoms with van der Waals surface area (Å²) in [5.74, 6) is 0.318. The zero-order valence-electron chi connectivity index (χ0n) is 13.9. The molecule has 6 heteroatoms. The van der Waals surface area contributed by atoms with E-state index in [4.69, 9.17) is 23.2 Å². The predicted octanol–water partition coefficient (Wildman–Crippen LogP) is 3.55. The Morgan fingerprint density at radius 2 is 1.96 bits per heavy atom. The summed E-state index contributed by atoms with van der Waals surface area (Å²) in [4.78, 5) is 25.1. The summed E-state index contributed by atoms with van der Waals surface area (Å²) in [6.07, 6.45) is 0.949. The van der Waals surface area contributed by atoms with Gasteiger partial charge in [0.15, 0.2) is 0 Å². The van der Waals surface area contributed by atoms with Gasteiger partial charge < -0.3 is 10.2 Å². The second-order valence-electron chi connectivity index (χ2n) is 5.94. The molecule has 0 radical (unpaired) electrons. The number of halogens is 2. The van der Waals surface area contributed by atoms with Gasteiger partial charge in [-0.05, 0) is 30.0 Å². The van der Waals surface area contributed by atoms with Crippen LogP contribution in [0.5, 0.6) is 0 Å². The normalized spacial score (nSPS) is 10.7. The summed E-state index contributed by atoms with van der Waals surface area (Å²) in [6, 6.07) is 5.33. The molecule has 0 unspecified atom stereocenters. The number of benzene rings is 1. The Labute approximate surface area is 148 Å². The van der Waals surface area contributed by atoms with E-state index in [1.807, 2.05) is 19.9 Å². The molecule has 1 aromatic rings. The molecule has 0 aliphatic carbocycles. The number of carbonyl (C=O) groups excluding carboxylic acids is 2. The molecule has 0 bridgehead atoms. The lowest BCUT2D eigenvalue weighted by Gasteiger charge is -2.22. The molecule has 0 atom stereocenters. The Morgan fingerprint density at radius 1 is 1.26 bits per heavy atom. The van der Waals surface area contributed by atoms with Crippen molar-refractivity contribution in [2.24, 2.45) is 5.92 Å². The van der Waals surface area contributed by atoms with E-state index < -0.39 is 0 Å². The first-order chi connectivity index (χ1) is 10.8. The van der Waals surface area contributed by atoms with Crippen LogP contribution in [0.15, 0.2) is 18.2 Å². The molecule has 0 aliphatic heterocycles. The summed E-state index contributed by atoms with van der Waals surface area (Å²) in [5.41, 5.74) is 0.946. The zero-order valence-corrected chi connectivity index (χ0v) is 15.4. The van der Waals surface area contributed by atoms with Gasteiger partial charge in [-0.3, -0.25) is 9.59 Å². The average molecular weight is 359 g/mol. The van der Waals surface area contributed by atoms with Crippen molar-refractivity contribution in [3.8, 4) is 0 Å². The van der Waals surface area contributed by atoms with E-state index in [1.165, 1.54) is 6.92 Å². The third kappa shape index (κ3) is 7.71. The Bertz CT molecular complexity index is 547. The van der Waals surface area contributed by atoms with Crippen LogP contribution in [0, 0.1) is 5.92 Å². The Morgan fingerprint density at radius 3 is 2.52 bits per heavy atom. The molecule has 0 heterocycles. The molecule has 0 aliphatic rings. The highest BCUT2D eigenvalue weighted by Gasteiger charge is 2.12. The smallest absolute Gasteiger partial charge is 0.221 e. The lowest BCUT2D eigenvalue weighted by Crippen LogP contribution is -2.36. The third-order valence-corrected chi connectivity index (χ3v) is 3.96. The molecule has 0 spiro atoms. The summed E-state index contributed by atoms with van der Waals surface area (Å²) in [6.45, 7) is 7.25. The molecule has 0 saturated carbocycles. The van der Waals surface area contributed by atoms with Gasteiger partial charge in [-0.1, -0.05) is 43.1 Å². The van der Waals surface area contributed by atoms with Gasteiger partial charge in [0, 0.05) is 43.0 Å². The van der Waals surface area contributed by atoms with Gasteiger partial charge in [0.25, 0.3) is 0 Å². The highest BCUT2D eigenvalue weighted by atomic mass is 35.5. The number of carbonyl (C=O) groups is 2. The maximum Gasteiger partial charge on any atom is 0.221 e. The van der Waals surface area contributed by atoms with Crippen LogP contribution in [0.25, 0.3) is 0 Å². The van der Waals surface area contributed by atoms with Crippen LogP contribution in [0.2, 0.25) is 10.0 Å². The minimum Gasteiger partial charge on any atom is -0.356 e. The molecule has 1 rings (SSSR count). The number of hydrogen-bond donors (Lipinski definition) is 1. The largest absolute Gasteiger partial charge is 0.356 e. The van der Waals surface area contributed by atoms with E-state index in [1.54, 1.807) is 17.0 Å². The zero-order chi connectivity index (χ0) is 17.4. The summed E-state index contributed by atoms with van der Waals surface area (Å²) >= 11 is 11.9. The number of amides is 2. The monoisotopic (exact) mass is 358 g/mol. The highest BCUT2D eigenvalue weighted by molar-refractivity contribution is 6.35. The van der Waals surface area contributed by atoms with Crippen LogP contribution >= 0.6 is 23.2 Å². The maximum absolute atomic E-state index is 11.9. The fourth-order valence-electron chi connectivity index (χ4n) is 2.20. The fourth-order valence-corrected chi connectivity index (χ4v) is 2.71. The van der Waals surface area contributed by atoms with Crippen molar-refractivity contribution in [3.63, 3.8) is 0 Å². The average Bonchev–Trinajstić information content (AvgIpc) is 2.45. The molecule has 0 fully saturated rings. The molecular formula is C17H24Cl2N2O2. The lowest BCUT2D eigenvalue weighted by molar-refractivity contribution is -0.130. The second kappa shape index (κ2) is 9.78. The minimum absolute atomic E-state index is 0.000513. The van der Waals surface area contributed by atoms with Crippen molar-refractivity contribution in [1.82, 2.24) is 10.2 Å². The van der Waals surface area contributed by atoms with Crippen LogP contribution in [-0.4, -0.2) is 36.3 Å². The van der Waals surface area contributed by atoms with E-state index in [-0.39, 0.29) is 11.8 Å². The van der Waals surface area contributed by atoms with Crippen LogP contribution in [-0.2, 0) is 16.0 Å². The van der Waals surface area contributed by atoms with Gasteiger partial charge in [-0.2, -0.15) is 0 Å². The quantitative estimate of drug-likeness (QED) is 0.772. The van der Waals surface area contributed by atoms with E-state index >= 15 is 0 Å². The first-order valence-corrected chi connectivity index (χ1v) is 8.51. The topological polar surface area (TPSA) is 49.4 Å². The van der Waals surface area contributed by atoms with Gasteiger partial charge in [-0.15, -0.1) is 0 Å². The van der Waals surface area contributed by atoms with E-state index in [9.17, 15) is 9.59 Å². The van der Waals surface area contributed by atoms with Crippen molar-refractivity contribution >= 4 is 35.0 Å². The Kier molecular flexibility index (Phi) is 8.42. The highest BCUT2D eigenvalue weighted by Crippen LogP contribution is 2.21. The molecule has 2 amide bonds. The molecular weight excluding hydrogens is 335 g/mol. The van der Waals surface area contributed by atoms with Crippen molar-refractivity contribution < 1.29 is 9.59 Å². The molecule has 0 aromatic heterocycles. The minimum atomic E-state index is -0.0647. The number of nitrogens with one attached hydrogen (secondary N) is 1. The van der Waals surface area contributed by atoms with Gasteiger partial charge in [0.2, 0.25) is 11.8 Å². The summed E-state index contributed by atoms with van der Waals surface area (Å²) in [5, 5.41) is 4.05. The Balaban J connectivity index is 2.35. The van der Waals surface area contributed by atoms with Crippen molar-refractivity contribution in [1.29, 1.82) is 0 Å². The number of rotatable bonds is 8. The number of hydrogen-bond acceptors (Lipinski definition) is 2. The molecule has 0 saturated heterocycles. The fraction of sp³-hybridized carbons (Fsp3) is 0.529. The molecule has 1 aromatic carbocycles. The van der Waals surface area contributed by atoms with E-state index in [0.717, 1.165) is 5.56 Å². The van der Waals surface area contributed by atoms with Gasteiger partial charge in [0.05, 0.1) is 0 Å². The lowest BCUT2D eigenvalue weighted by atomic mass is 10.1. The van der Waals surface area contributed by atoms with Crippen LogP contribution in [0.4, 0.5) is 0 Å². The second-order valence-corrected chi connectivity index (χ2v) is 6.79. The van der Waals surface area contributed by atoms with Gasteiger partial charge in [-0.25, -0.2) is 0 Å². The number of nitrogens with zero attached hydrogens (tertiary/aromatic N) is 1. The van der Waals surface area contributed by atoms with Crippen LogP contribution in [0.1, 0.15) is 32.8 Å². The predicted molar refractivity (Wildman–Crippen MR) is 94.9 cm³/mol. The first-order valence-electron chi connectivity index (χ1n) is 7.75. The van der Waals surface area contributed by atoms with E-state index in [2.05, 4.69) is 5.32 Å². The summed E-state index contributed by atoms with van der Waals surface area (Å²) < 4.78 is 0. The van der Waals surface area contributed by atoms with Crippen molar-refractivity contribution in [2.45, 2.75) is 33.6 Å². The van der Waals surface area contributed by atoms with Crippen molar-refractivity contribution in [2.75, 3.05) is 19.6 Å². The van der Waals surface area contributed by atoms with Crippen molar-refractivity contribution in [3.05, 3.63) is 33.8 Å².